The first-order chi connectivity index (χ1) is 10.8. The fourth-order valence-corrected chi connectivity index (χ4v) is 4.47. The molecule has 0 saturated heterocycles. The van der Waals surface area contributed by atoms with E-state index in [1.165, 1.54) is 27.2 Å². The third-order valence-electron chi connectivity index (χ3n) is 3.76. The van der Waals surface area contributed by atoms with Crippen molar-refractivity contribution in [2.45, 2.75) is 38.3 Å². The summed E-state index contributed by atoms with van der Waals surface area (Å²) in [5.41, 5.74) is 1.06. The van der Waals surface area contributed by atoms with E-state index in [-0.39, 0.29) is 12.3 Å². The van der Waals surface area contributed by atoms with E-state index in [9.17, 15) is 18.0 Å². The van der Waals surface area contributed by atoms with Crippen LogP contribution in [-0.2, 0) is 30.2 Å². The number of aryl methyl sites for hydroxylation is 2. The maximum Gasteiger partial charge on any atom is 0.425 e. The van der Waals surface area contributed by atoms with Crippen molar-refractivity contribution in [3.05, 3.63) is 32.5 Å². The molecule has 2 aromatic rings. The number of alkyl halides is 3. The molecule has 1 aliphatic carbocycles. The van der Waals surface area contributed by atoms with Gasteiger partial charge in [-0.15, -0.1) is 22.7 Å². The van der Waals surface area contributed by atoms with Gasteiger partial charge in [-0.3, -0.25) is 9.69 Å². The molecular weight excluding hydrogens is 345 g/mol. The number of aromatic nitrogens is 1. The molecule has 2 heterocycles. The van der Waals surface area contributed by atoms with Crippen molar-refractivity contribution in [3.63, 3.8) is 0 Å². The maximum atomic E-state index is 12.6. The summed E-state index contributed by atoms with van der Waals surface area (Å²) in [6.45, 7) is 0. The van der Waals surface area contributed by atoms with Gasteiger partial charge in [-0.25, -0.2) is 4.98 Å². The van der Waals surface area contributed by atoms with Gasteiger partial charge in [0.1, 0.15) is 4.88 Å². The van der Waals surface area contributed by atoms with Crippen molar-refractivity contribution < 1.29 is 18.0 Å². The standard InChI is InChI=1S/C15H15F3N2OS2/c1-20(14-19-10-4-2-3-5-11(10)23-14)13(21)8-9-6-7-12(22-9)15(16,17)18/h6-7H,2-5,8H2,1H3. The lowest BCUT2D eigenvalue weighted by Gasteiger charge is -2.12. The molecule has 124 valence electrons. The van der Waals surface area contributed by atoms with Crippen LogP contribution in [0.5, 0.6) is 0 Å². The lowest BCUT2D eigenvalue weighted by molar-refractivity contribution is -0.134. The largest absolute Gasteiger partial charge is 0.425 e. The molecule has 3 nitrogen and oxygen atoms in total. The summed E-state index contributed by atoms with van der Waals surface area (Å²) in [5, 5.41) is 0.634. The second-order valence-electron chi connectivity index (χ2n) is 5.47. The number of hydrogen-bond donors (Lipinski definition) is 0. The topological polar surface area (TPSA) is 33.2 Å². The van der Waals surface area contributed by atoms with Gasteiger partial charge >= 0.3 is 6.18 Å². The van der Waals surface area contributed by atoms with Crippen LogP contribution in [-0.4, -0.2) is 17.9 Å². The van der Waals surface area contributed by atoms with Crippen LogP contribution in [0.25, 0.3) is 0 Å². The monoisotopic (exact) mass is 360 g/mol. The second-order valence-corrected chi connectivity index (χ2v) is 7.70. The molecule has 3 rings (SSSR count). The Labute approximate surface area is 139 Å². The summed E-state index contributed by atoms with van der Waals surface area (Å²) in [7, 11) is 1.63. The highest BCUT2D eigenvalue weighted by Gasteiger charge is 2.32. The Kier molecular flexibility index (Phi) is 4.46. The highest BCUT2D eigenvalue weighted by molar-refractivity contribution is 7.16. The van der Waals surface area contributed by atoms with Crippen molar-refractivity contribution >= 4 is 33.7 Å². The van der Waals surface area contributed by atoms with Gasteiger partial charge in [-0.2, -0.15) is 13.2 Å². The maximum absolute atomic E-state index is 12.6. The Bertz CT molecular complexity index is 697. The van der Waals surface area contributed by atoms with Crippen LogP contribution in [0.15, 0.2) is 12.1 Å². The van der Waals surface area contributed by atoms with Crippen LogP contribution in [0.2, 0.25) is 0 Å². The van der Waals surface area contributed by atoms with Crippen LogP contribution in [0, 0.1) is 0 Å². The highest BCUT2D eigenvalue weighted by atomic mass is 32.1. The SMILES string of the molecule is CN(C(=O)Cc1ccc(C(F)(F)F)s1)c1nc2c(s1)CCCC2. The van der Waals surface area contributed by atoms with E-state index in [4.69, 9.17) is 0 Å². The minimum absolute atomic E-state index is 0.0402. The van der Waals surface area contributed by atoms with Gasteiger partial charge in [-0.1, -0.05) is 0 Å². The third-order valence-corrected chi connectivity index (χ3v) is 6.13. The Morgan fingerprint density at radius 1 is 1.26 bits per heavy atom. The number of likely N-dealkylation sites (N-methyl/N-ethyl adjacent to an activating group) is 1. The van der Waals surface area contributed by atoms with Crippen molar-refractivity contribution in [3.8, 4) is 0 Å². The predicted octanol–water partition coefficient (Wildman–Crippen LogP) is 4.31. The molecule has 23 heavy (non-hydrogen) atoms. The first-order valence-electron chi connectivity index (χ1n) is 7.25. The summed E-state index contributed by atoms with van der Waals surface area (Å²) >= 11 is 2.13. The Morgan fingerprint density at radius 2 is 2.00 bits per heavy atom. The number of fused-ring (bicyclic) bond motifs is 1. The van der Waals surface area contributed by atoms with E-state index >= 15 is 0 Å². The quantitative estimate of drug-likeness (QED) is 0.817. The number of hydrogen-bond acceptors (Lipinski definition) is 4. The summed E-state index contributed by atoms with van der Waals surface area (Å²) in [6.07, 6.45) is -0.207. The number of anilines is 1. The van der Waals surface area contributed by atoms with Gasteiger partial charge in [-0.05, 0) is 37.8 Å². The predicted molar refractivity (Wildman–Crippen MR) is 85.2 cm³/mol. The van der Waals surface area contributed by atoms with Gasteiger partial charge in [0.05, 0.1) is 12.1 Å². The van der Waals surface area contributed by atoms with E-state index in [0.717, 1.165) is 37.4 Å². The van der Waals surface area contributed by atoms with Crippen LogP contribution < -0.4 is 4.90 Å². The van der Waals surface area contributed by atoms with Crippen molar-refractivity contribution in [2.24, 2.45) is 0 Å². The smallest absolute Gasteiger partial charge is 0.291 e. The molecule has 0 aliphatic heterocycles. The number of carbonyl (C=O) groups excluding carboxylic acids is 1. The van der Waals surface area contributed by atoms with E-state index in [1.807, 2.05) is 0 Å². The van der Waals surface area contributed by atoms with Crippen LogP contribution in [0.1, 0.15) is 33.2 Å². The number of thiophene rings is 1. The molecule has 0 aromatic carbocycles. The fourth-order valence-electron chi connectivity index (χ4n) is 2.48. The molecule has 8 heteroatoms. The number of nitrogens with zero attached hydrogens (tertiary/aromatic N) is 2. The fraction of sp³-hybridized carbons (Fsp3) is 0.467. The van der Waals surface area contributed by atoms with E-state index in [1.54, 1.807) is 7.05 Å². The van der Waals surface area contributed by atoms with E-state index < -0.39 is 11.1 Å². The van der Waals surface area contributed by atoms with Gasteiger partial charge < -0.3 is 0 Å². The lowest BCUT2D eigenvalue weighted by Crippen LogP contribution is -2.27. The first-order valence-corrected chi connectivity index (χ1v) is 8.89. The third kappa shape index (κ3) is 3.58. The number of rotatable bonds is 3. The van der Waals surface area contributed by atoms with E-state index in [2.05, 4.69) is 4.98 Å². The average molecular weight is 360 g/mol. The molecule has 0 saturated carbocycles. The van der Waals surface area contributed by atoms with Crippen LogP contribution >= 0.6 is 22.7 Å². The van der Waals surface area contributed by atoms with Crippen molar-refractivity contribution in [1.82, 2.24) is 4.98 Å². The van der Waals surface area contributed by atoms with Crippen LogP contribution in [0.4, 0.5) is 18.3 Å². The van der Waals surface area contributed by atoms with Gasteiger partial charge in [0, 0.05) is 16.8 Å². The normalized spacial score (nSPS) is 14.6. The Hall–Kier alpha value is -1.41. The molecule has 0 radical (unpaired) electrons. The first kappa shape index (κ1) is 16.4. The molecule has 0 spiro atoms. The zero-order valence-corrected chi connectivity index (χ0v) is 14.1. The highest BCUT2D eigenvalue weighted by Crippen LogP contribution is 2.35. The van der Waals surface area contributed by atoms with Crippen molar-refractivity contribution in [2.75, 3.05) is 11.9 Å². The molecular formula is C15H15F3N2OS2. The number of thiazole rings is 1. The molecule has 0 unspecified atom stereocenters. The molecule has 0 bridgehead atoms. The van der Waals surface area contributed by atoms with Crippen LogP contribution in [0.3, 0.4) is 0 Å². The zero-order chi connectivity index (χ0) is 16.6. The summed E-state index contributed by atoms with van der Waals surface area (Å²) in [5.74, 6) is -0.244. The van der Waals surface area contributed by atoms with Gasteiger partial charge in [0.2, 0.25) is 5.91 Å². The zero-order valence-electron chi connectivity index (χ0n) is 12.4. The Balaban J connectivity index is 1.70. The second kappa shape index (κ2) is 6.24. The molecule has 1 aliphatic rings. The molecule has 0 atom stereocenters. The molecule has 2 aromatic heterocycles. The van der Waals surface area contributed by atoms with Crippen molar-refractivity contribution in [1.29, 1.82) is 0 Å². The summed E-state index contributed by atoms with van der Waals surface area (Å²) < 4.78 is 37.8. The lowest BCUT2D eigenvalue weighted by atomic mass is 10.0. The average Bonchev–Trinajstić information content (AvgIpc) is 3.11. The van der Waals surface area contributed by atoms with Gasteiger partial charge in [0.15, 0.2) is 5.13 Å². The number of carbonyl (C=O) groups is 1. The number of halogens is 3. The van der Waals surface area contributed by atoms with E-state index in [0.29, 0.717) is 21.3 Å². The molecule has 0 fully saturated rings. The summed E-state index contributed by atoms with van der Waals surface area (Å²) in [4.78, 5) is 19.2. The minimum Gasteiger partial charge on any atom is -0.291 e. The summed E-state index contributed by atoms with van der Waals surface area (Å²) in [6, 6.07) is 2.39. The number of amides is 1. The minimum atomic E-state index is -4.35. The molecule has 0 N–H and O–H groups in total. The van der Waals surface area contributed by atoms with Gasteiger partial charge in [0.25, 0.3) is 0 Å². The molecule has 1 amide bonds. The Morgan fingerprint density at radius 3 is 2.65 bits per heavy atom.